The number of guanidine groups is 1. The Kier molecular flexibility index (Phi) is 10.6. The molecular weight excluding hydrogens is 391 g/mol. The van der Waals surface area contributed by atoms with Gasteiger partial charge in [-0.3, -0.25) is 4.79 Å². The molecule has 1 amide bonds. The van der Waals surface area contributed by atoms with E-state index < -0.39 is 0 Å². The van der Waals surface area contributed by atoms with Gasteiger partial charge in [-0.15, -0.1) is 24.0 Å². The van der Waals surface area contributed by atoms with Gasteiger partial charge in [-0.2, -0.15) is 0 Å². The Hall–Kier alpha value is -1.31. The quantitative estimate of drug-likeness (QED) is 0.362. The Labute approximate surface area is 150 Å². The SMILES string of the molecule is CCNC(=O)c1ccc(CN=C(N)NCCC(C)C)cc1.I. The minimum Gasteiger partial charge on any atom is -0.370 e. The second kappa shape index (κ2) is 11.3. The summed E-state index contributed by atoms with van der Waals surface area (Å²) in [5, 5.41) is 5.86. The van der Waals surface area contributed by atoms with Crippen LogP contribution in [0.15, 0.2) is 29.3 Å². The molecule has 4 N–H and O–H groups in total. The highest BCUT2D eigenvalue weighted by Gasteiger charge is 2.03. The second-order valence-electron chi connectivity index (χ2n) is 5.37. The molecule has 0 aliphatic rings. The molecule has 124 valence electrons. The van der Waals surface area contributed by atoms with Crippen LogP contribution in [0.4, 0.5) is 0 Å². The van der Waals surface area contributed by atoms with Gasteiger partial charge in [0.1, 0.15) is 0 Å². The maximum Gasteiger partial charge on any atom is 0.251 e. The highest BCUT2D eigenvalue weighted by atomic mass is 127. The van der Waals surface area contributed by atoms with Crippen LogP contribution < -0.4 is 16.4 Å². The summed E-state index contributed by atoms with van der Waals surface area (Å²) in [6.45, 7) is 8.22. The van der Waals surface area contributed by atoms with Crippen molar-refractivity contribution >= 4 is 35.8 Å². The van der Waals surface area contributed by atoms with E-state index in [2.05, 4.69) is 29.5 Å². The molecule has 0 aliphatic heterocycles. The van der Waals surface area contributed by atoms with E-state index in [1.165, 1.54) is 0 Å². The zero-order chi connectivity index (χ0) is 15.7. The van der Waals surface area contributed by atoms with Crippen molar-refractivity contribution in [2.45, 2.75) is 33.7 Å². The van der Waals surface area contributed by atoms with E-state index in [0.29, 0.717) is 30.5 Å². The molecule has 1 rings (SSSR count). The van der Waals surface area contributed by atoms with Gasteiger partial charge >= 0.3 is 0 Å². The van der Waals surface area contributed by atoms with Crippen molar-refractivity contribution in [3.63, 3.8) is 0 Å². The van der Waals surface area contributed by atoms with Gasteiger partial charge in [0.05, 0.1) is 6.54 Å². The molecule has 22 heavy (non-hydrogen) atoms. The van der Waals surface area contributed by atoms with Crippen molar-refractivity contribution in [1.82, 2.24) is 10.6 Å². The summed E-state index contributed by atoms with van der Waals surface area (Å²) >= 11 is 0. The third kappa shape index (κ3) is 8.21. The van der Waals surface area contributed by atoms with Crippen LogP contribution in [0.5, 0.6) is 0 Å². The van der Waals surface area contributed by atoms with E-state index in [1.54, 1.807) is 12.1 Å². The van der Waals surface area contributed by atoms with Crippen molar-refractivity contribution in [3.05, 3.63) is 35.4 Å². The Morgan fingerprint density at radius 3 is 2.41 bits per heavy atom. The maximum absolute atomic E-state index is 11.6. The van der Waals surface area contributed by atoms with Crippen LogP contribution in [0.25, 0.3) is 0 Å². The first-order valence-corrected chi connectivity index (χ1v) is 7.43. The first kappa shape index (κ1) is 20.7. The lowest BCUT2D eigenvalue weighted by molar-refractivity contribution is 0.0956. The molecular formula is C16H27IN4O. The molecule has 5 nitrogen and oxygen atoms in total. The minimum atomic E-state index is -0.0533. The van der Waals surface area contributed by atoms with E-state index in [4.69, 9.17) is 5.73 Å². The number of rotatable bonds is 7. The second-order valence-corrected chi connectivity index (χ2v) is 5.37. The van der Waals surface area contributed by atoms with Gasteiger partial charge in [0.15, 0.2) is 5.96 Å². The topological polar surface area (TPSA) is 79.5 Å². The maximum atomic E-state index is 11.6. The highest BCUT2D eigenvalue weighted by molar-refractivity contribution is 14.0. The zero-order valence-corrected chi connectivity index (χ0v) is 15.9. The first-order valence-electron chi connectivity index (χ1n) is 7.43. The molecule has 0 saturated carbocycles. The average Bonchev–Trinajstić information content (AvgIpc) is 2.45. The first-order chi connectivity index (χ1) is 10.0. The number of benzene rings is 1. The molecule has 1 aromatic rings. The Bertz CT molecular complexity index is 472. The highest BCUT2D eigenvalue weighted by Crippen LogP contribution is 2.05. The number of hydrogen-bond donors (Lipinski definition) is 3. The normalized spacial score (nSPS) is 11.0. The number of hydrogen-bond acceptors (Lipinski definition) is 2. The molecule has 1 aromatic carbocycles. The monoisotopic (exact) mass is 418 g/mol. The van der Waals surface area contributed by atoms with Crippen LogP contribution in [-0.4, -0.2) is 25.0 Å². The summed E-state index contributed by atoms with van der Waals surface area (Å²) in [7, 11) is 0. The Balaban J connectivity index is 0.00000441. The van der Waals surface area contributed by atoms with E-state index in [0.717, 1.165) is 18.5 Å². The number of nitrogens with one attached hydrogen (secondary N) is 2. The molecule has 0 bridgehead atoms. The molecule has 0 saturated heterocycles. The number of nitrogens with two attached hydrogens (primary N) is 1. The standard InChI is InChI=1S/C16H26N4O.HI/c1-4-18-15(21)14-7-5-13(6-8-14)11-20-16(17)19-10-9-12(2)3;/h5-8,12H,4,9-11H2,1-3H3,(H,18,21)(H3,17,19,20);1H. The van der Waals surface area contributed by atoms with Crippen molar-refractivity contribution in [2.24, 2.45) is 16.6 Å². The van der Waals surface area contributed by atoms with Gasteiger partial charge in [-0.05, 0) is 37.0 Å². The van der Waals surface area contributed by atoms with Crippen molar-refractivity contribution in [3.8, 4) is 0 Å². The summed E-state index contributed by atoms with van der Waals surface area (Å²) in [5.74, 6) is 1.05. The van der Waals surface area contributed by atoms with Gasteiger partial charge < -0.3 is 16.4 Å². The van der Waals surface area contributed by atoms with E-state index in [-0.39, 0.29) is 29.9 Å². The van der Waals surface area contributed by atoms with Crippen LogP contribution in [0.2, 0.25) is 0 Å². The van der Waals surface area contributed by atoms with Gasteiger partial charge in [0.2, 0.25) is 0 Å². The molecule has 0 fully saturated rings. The van der Waals surface area contributed by atoms with E-state index >= 15 is 0 Å². The lowest BCUT2D eigenvalue weighted by Crippen LogP contribution is -2.32. The van der Waals surface area contributed by atoms with Crippen LogP contribution >= 0.6 is 24.0 Å². The van der Waals surface area contributed by atoms with Gasteiger partial charge in [0, 0.05) is 18.7 Å². The van der Waals surface area contributed by atoms with Crippen LogP contribution in [0, 0.1) is 5.92 Å². The third-order valence-corrected chi connectivity index (χ3v) is 3.01. The fraction of sp³-hybridized carbons (Fsp3) is 0.500. The predicted octanol–water partition coefficient (Wildman–Crippen LogP) is 2.50. The summed E-state index contributed by atoms with van der Waals surface area (Å²) in [6.07, 6.45) is 1.07. The molecule has 6 heteroatoms. The lowest BCUT2D eigenvalue weighted by Gasteiger charge is -2.07. The van der Waals surface area contributed by atoms with E-state index in [1.807, 2.05) is 19.1 Å². The van der Waals surface area contributed by atoms with Crippen LogP contribution in [0.1, 0.15) is 43.1 Å². The largest absolute Gasteiger partial charge is 0.370 e. The molecule has 0 unspecified atom stereocenters. The molecule has 0 heterocycles. The fourth-order valence-corrected chi connectivity index (χ4v) is 1.75. The summed E-state index contributed by atoms with van der Waals surface area (Å²) in [5.41, 5.74) is 7.48. The summed E-state index contributed by atoms with van der Waals surface area (Å²) < 4.78 is 0. The minimum absolute atomic E-state index is 0. The summed E-state index contributed by atoms with van der Waals surface area (Å²) in [6, 6.07) is 7.40. The van der Waals surface area contributed by atoms with Gasteiger partial charge in [-0.25, -0.2) is 4.99 Å². The fourth-order valence-electron chi connectivity index (χ4n) is 1.75. The Morgan fingerprint density at radius 1 is 1.23 bits per heavy atom. The molecule has 0 radical (unpaired) electrons. The predicted molar refractivity (Wildman–Crippen MR) is 103 cm³/mol. The number of amides is 1. The number of halogens is 1. The number of aliphatic imine (C=N–C) groups is 1. The average molecular weight is 418 g/mol. The van der Waals surface area contributed by atoms with Gasteiger partial charge in [0.25, 0.3) is 5.91 Å². The van der Waals surface area contributed by atoms with Crippen molar-refractivity contribution < 1.29 is 4.79 Å². The molecule has 0 aliphatic carbocycles. The summed E-state index contributed by atoms with van der Waals surface area (Å²) in [4.78, 5) is 15.9. The lowest BCUT2D eigenvalue weighted by atomic mass is 10.1. The number of nitrogens with zero attached hydrogens (tertiary/aromatic N) is 1. The third-order valence-electron chi connectivity index (χ3n) is 3.01. The molecule has 0 spiro atoms. The molecule has 0 aromatic heterocycles. The van der Waals surface area contributed by atoms with Crippen LogP contribution in [-0.2, 0) is 6.54 Å². The van der Waals surface area contributed by atoms with Crippen molar-refractivity contribution in [2.75, 3.05) is 13.1 Å². The smallest absolute Gasteiger partial charge is 0.251 e. The van der Waals surface area contributed by atoms with Crippen LogP contribution in [0.3, 0.4) is 0 Å². The Morgan fingerprint density at radius 2 is 1.86 bits per heavy atom. The number of carbonyl (C=O) groups excluding carboxylic acids is 1. The zero-order valence-electron chi connectivity index (χ0n) is 13.6. The van der Waals surface area contributed by atoms with E-state index in [9.17, 15) is 4.79 Å². The van der Waals surface area contributed by atoms with Gasteiger partial charge in [-0.1, -0.05) is 26.0 Å². The number of carbonyl (C=O) groups is 1. The van der Waals surface area contributed by atoms with Crippen molar-refractivity contribution in [1.29, 1.82) is 0 Å². The molecule has 0 atom stereocenters.